The lowest BCUT2D eigenvalue weighted by molar-refractivity contribution is -0.121. The van der Waals surface area contributed by atoms with Crippen LogP contribution in [0.25, 0.3) is 0 Å². The van der Waals surface area contributed by atoms with Crippen LogP contribution in [-0.2, 0) is 4.79 Å². The third kappa shape index (κ3) is 4.86. The molecule has 1 amide bonds. The van der Waals surface area contributed by atoms with Crippen LogP contribution < -0.4 is 11.1 Å². The number of halogens is 1. The van der Waals surface area contributed by atoms with Gasteiger partial charge < -0.3 is 11.1 Å². The molecule has 22 heavy (non-hydrogen) atoms. The van der Waals surface area contributed by atoms with Crippen LogP contribution in [0.2, 0.25) is 5.02 Å². The summed E-state index contributed by atoms with van der Waals surface area (Å²) in [5, 5.41) is 3.73. The highest BCUT2D eigenvalue weighted by Gasteiger charge is 2.17. The summed E-state index contributed by atoms with van der Waals surface area (Å²) in [7, 11) is 0. The lowest BCUT2D eigenvalue weighted by Crippen LogP contribution is -2.30. The van der Waals surface area contributed by atoms with Crippen LogP contribution in [0.15, 0.2) is 54.6 Å². The topological polar surface area (TPSA) is 55.1 Å². The number of carbonyl (C=O) groups is 1. The van der Waals surface area contributed by atoms with Crippen molar-refractivity contribution in [3.63, 3.8) is 0 Å². The molecular formula is C18H21ClN2O. The molecule has 4 heteroatoms. The molecule has 0 spiro atoms. The van der Waals surface area contributed by atoms with E-state index in [0.717, 1.165) is 11.1 Å². The average Bonchev–Trinajstić information content (AvgIpc) is 2.51. The summed E-state index contributed by atoms with van der Waals surface area (Å²) in [5.41, 5.74) is 7.71. The van der Waals surface area contributed by atoms with Gasteiger partial charge in [0.15, 0.2) is 0 Å². The van der Waals surface area contributed by atoms with E-state index in [1.807, 2.05) is 61.5 Å². The first kappa shape index (κ1) is 16.5. The van der Waals surface area contributed by atoms with Crippen molar-refractivity contribution >= 4 is 17.5 Å². The number of hydrogen-bond acceptors (Lipinski definition) is 2. The summed E-state index contributed by atoms with van der Waals surface area (Å²) < 4.78 is 0. The van der Waals surface area contributed by atoms with Gasteiger partial charge in [0.05, 0.1) is 6.04 Å². The Balaban J connectivity index is 2.21. The van der Waals surface area contributed by atoms with Gasteiger partial charge in [0.1, 0.15) is 0 Å². The molecule has 2 aromatic rings. The molecule has 0 aliphatic heterocycles. The van der Waals surface area contributed by atoms with Gasteiger partial charge in [-0.3, -0.25) is 4.79 Å². The van der Waals surface area contributed by atoms with Gasteiger partial charge in [-0.05, 0) is 36.6 Å². The van der Waals surface area contributed by atoms with Gasteiger partial charge in [0.2, 0.25) is 5.91 Å². The summed E-state index contributed by atoms with van der Waals surface area (Å²) >= 11 is 6.09. The van der Waals surface area contributed by atoms with Crippen molar-refractivity contribution in [3.05, 3.63) is 70.7 Å². The van der Waals surface area contributed by atoms with Crippen LogP contribution in [0.4, 0.5) is 0 Å². The first-order valence-electron chi connectivity index (χ1n) is 7.41. The molecule has 2 unspecified atom stereocenters. The summed E-state index contributed by atoms with van der Waals surface area (Å²) in [6.45, 7) is 1.90. The van der Waals surface area contributed by atoms with Crippen LogP contribution in [0.1, 0.15) is 36.9 Å². The minimum absolute atomic E-state index is 0.00821. The molecule has 2 rings (SSSR count). The van der Waals surface area contributed by atoms with Gasteiger partial charge in [0.25, 0.3) is 0 Å². The molecule has 0 radical (unpaired) electrons. The number of hydrogen-bond donors (Lipinski definition) is 2. The molecule has 116 valence electrons. The van der Waals surface area contributed by atoms with E-state index in [-0.39, 0.29) is 18.0 Å². The maximum atomic E-state index is 12.2. The highest BCUT2D eigenvalue weighted by Crippen LogP contribution is 2.24. The van der Waals surface area contributed by atoms with Gasteiger partial charge >= 0.3 is 0 Å². The van der Waals surface area contributed by atoms with Crippen molar-refractivity contribution in [2.75, 3.05) is 0 Å². The van der Waals surface area contributed by atoms with E-state index in [0.29, 0.717) is 17.9 Å². The van der Waals surface area contributed by atoms with Gasteiger partial charge in [-0.25, -0.2) is 0 Å². The number of benzene rings is 2. The number of rotatable bonds is 6. The Bertz CT molecular complexity index is 613. The van der Waals surface area contributed by atoms with E-state index in [1.54, 1.807) is 0 Å². The minimum Gasteiger partial charge on any atom is -0.345 e. The summed E-state index contributed by atoms with van der Waals surface area (Å²) in [6, 6.07) is 17.2. The van der Waals surface area contributed by atoms with E-state index in [1.165, 1.54) is 0 Å². The second-order valence-electron chi connectivity index (χ2n) is 5.48. The molecule has 2 atom stereocenters. The van der Waals surface area contributed by atoms with Gasteiger partial charge in [-0.2, -0.15) is 0 Å². The fraction of sp³-hybridized carbons (Fsp3) is 0.278. The molecule has 0 aromatic heterocycles. The van der Waals surface area contributed by atoms with Crippen LogP contribution in [-0.4, -0.2) is 11.9 Å². The Morgan fingerprint density at radius 3 is 2.45 bits per heavy atom. The Labute approximate surface area is 136 Å². The predicted molar refractivity (Wildman–Crippen MR) is 90.8 cm³/mol. The molecule has 0 aliphatic rings. The Morgan fingerprint density at radius 2 is 1.82 bits per heavy atom. The quantitative estimate of drug-likeness (QED) is 0.854. The second kappa shape index (κ2) is 7.97. The van der Waals surface area contributed by atoms with Crippen molar-refractivity contribution in [3.8, 4) is 0 Å². The zero-order valence-corrected chi connectivity index (χ0v) is 13.4. The average molecular weight is 317 g/mol. The highest BCUT2D eigenvalue weighted by molar-refractivity contribution is 6.30. The molecule has 3 nitrogen and oxygen atoms in total. The Morgan fingerprint density at radius 1 is 1.14 bits per heavy atom. The van der Waals surface area contributed by atoms with Gasteiger partial charge in [-0.15, -0.1) is 0 Å². The van der Waals surface area contributed by atoms with Crippen LogP contribution in [0.3, 0.4) is 0 Å². The smallest absolute Gasteiger partial charge is 0.220 e. The van der Waals surface area contributed by atoms with E-state index < -0.39 is 0 Å². The molecule has 0 saturated carbocycles. The second-order valence-corrected chi connectivity index (χ2v) is 5.92. The van der Waals surface area contributed by atoms with Crippen LogP contribution in [0, 0.1) is 0 Å². The van der Waals surface area contributed by atoms with Crippen LogP contribution in [0.5, 0.6) is 0 Å². The van der Waals surface area contributed by atoms with E-state index in [4.69, 9.17) is 17.3 Å². The maximum Gasteiger partial charge on any atom is 0.220 e. The Kier molecular flexibility index (Phi) is 5.99. The van der Waals surface area contributed by atoms with Crippen molar-refractivity contribution in [1.82, 2.24) is 5.32 Å². The van der Waals surface area contributed by atoms with Gasteiger partial charge in [0, 0.05) is 17.5 Å². The first-order valence-corrected chi connectivity index (χ1v) is 7.79. The molecule has 2 aromatic carbocycles. The highest BCUT2D eigenvalue weighted by atomic mass is 35.5. The van der Waals surface area contributed by atoms with E-state index >= 15 is 0 Å². The minimum atomic E-state index is -0.208. The lowest BCUT2D eigenvalue weighted by atomic mass is 9.98. The summed E-state index contributed by atoms with van der Waals surface area (Å²) in [5.74, 6) is -0.00821. The third-order valence-corrected chi connectivity index (χ3v) is 3.68. The zero-order valence-electron chi connectivity index (χ0n) is 12.6. The fourth-order valence-electron chi connectivity index (χ4n) is 2.28. The fourth-order valence-corrected chi connectivity index (χ4v) is 2.48. The molecule has 0 heterocycles. The predicted octanol–water partition coefficient (Wildman–Crippen LogP) is 3.67. The summed E-state index contributed by atoms with van der Waals surface area (Å²) in [4.78, 5) is 12.2. The summed E-state index contributed by atoms with van der Waals surface area (Å²) in [6.07, 6.45) is 1.09. The number of amides is 1. The lowest BCUT2D eigenvalue weighted by Gasteiger charge is -2.20. The molecule has 0 saturated heterocycles. The Hall–Kier alpha value is -1.84. The number of nitrogens with one attached hydrogen (secondary N) is 1. The number of nitrogens with two attached hydrogens (primary N) is 1. The van der Waals surface area contributed by atoms with Crippen molar-refractivity contribution in [2.45, 2.75) is 31.8 Å². The van der Waals surface area contributed by atoms with Crippen LogP contribution >= 0.6 is 11.6 Å². The monoisotopic (exact) mass is 316 g/mol. The molecule has 0 aliphatic carbocycles. The molecule has 0 bridgehead atoms. The molecular weight excluding hydrogens is 296 g/mol. The number of carbonyl (C=O) groups excluding carboxylic acids is 1. The maximum absolute atomic E-state index is 12.2. The zero-order chi connectivity index (χ0) is 15.9. The van der Waals surface area contributed by atoms with E-state index in [2.05, 4.69) is 5.32 Å². The SMILES string of the molecule is CC(N)CCC(=O)NC(c1ccccc1)c1cccc(Cl)c1. The first-order chi connectivity index (χ1) is 10.6. The largest absolute Gasteiger partial charge is 0.345 e. The van der Waals surface area contributed by atoms with Crippen molar-refractivity contribution in [2.24, 2.45) is 5.73 Å². The third-order valence-electron chi connectivity index (χ3n) is 3.45. The molecule has 0 fully saturated rings. The van der Waals surface area contributed by atoms with E-state index in [9.17, 15) is 4.79 Å². The van der Waals surface area contributed by atoms with Crippen molar-refractivity contribution < 1.29 is 4.79 Å². The van der Waals surface area contributed by atoms with Crippen molar-refractivity contribution in [1.29, 1.82) is 0 Å². The standard InChI is InChI=1S/C18H21ClN2O/c1-13(20)10-11-17(22)21-18(14-6-3-2-4-7-14)15-8-5-9-16(19)12-15/h2-9,12-13,18H,10-11,20H2,1H3,(H,21,22). The normalized spacial score (nSPS) is 13.4. The van der Waals surface area contributed by atoms with Gasteiger partial charge in [-0.1, -0.05) is 54.1 Å². The molecule has 3 N–H and O–H groups in total.